The van der Waals surface area contributed by atoms with E-state index < -0.39 is 16.2 Å². The van der Waals surface area contributed by atoms with E-state index in [-0.39, 0.29) is 18.0 Å². The first-order chi connectivity index (χ1) is 18.6. The number of halogens is 1. The third-order valence-corrected chi connectivity index (χ3v) is 5.27. The molecule has 3 N–H and O–H groups in total. The molecule has 5 aromatic rings. The van der Waals surface area contributed by atoms with Crippen molar-refractivity contribution in [2.75, 3.05) is 19.1 Å². The maximum absolute atomic E-state index is 15.4. The van der Waals surface area contributed by atoms with Crippen molar-refractivity contribution < 1.29 is 31.4 Å². The summed E-state index contributed by atoms with van der Waals surface area (Å²) in [5.74, 6) is 1.02. The van der Waals surface area contributed by atoms with Crippen LogP contribution in [0.2, 0.25) is 0 Å². The van der Waals surface area contributed by atoms with E-state index in [1.165, 1.54) is 20.3 Å². The van der Waals surface area contributed by atoms with Crippen LogP contribution in [0.1, 0.15) is 5.82 Å². The minimum Gasteiger partial charge on any atom is -0.497 e. The Hall–Kier alpha value is -4.67. The van der Waals surface area contributed by atoms with Gasteiger partial charge in [0.15, 0.2) is 17.2 Å². The van der Waals surface area contributed by atoms with Crippen LogP contribution < -0.4 is 14.4 Å². The van der Waals surface area contributed by atoms with E-state index >= 15 is 4.39 Å². The van der Waals surface area contributed by atoms with Crippen molar-refractivity contribution in [1.82, 2.24) is 34.7 Å². The van der Waals surface area contributed by atoms with Crippen molar-refractivity contribution in [2.45, 2.75) is 6.54 Å². The zero-order valence-electron chi connectivity index (χ0n) is 20.8. The number of H-pyrrole nitrogens is 1. The highest BCUT2D eigenvalue weighted by Crippen LogP contribution is 2.37. The van der Waals surface area contributed by atoms with Crippen LogP contribution in [0, 0.1) is 5.82 Å². The van der Waals surface area contributed by atoms with Gasteiger partial charge in [-0.3, -0.25) is 18.8 Å². The van der Waals surface area contributed by atoms with Gasteiger partial charge < -0.3 is 19.4 Å². The summed E-state index contributed by atoms with van der Waals surface area (Å²) in [5.41, 5.74) is 2.70. The van der Waals surface area contributed by atoms with E-state index in [2.05, 4.69) is 25.0 Å². The van der Waals surface area contributed by atoms with E-state index in [0.29, 0.717) is 34.2 Å². The predicted octanol–water partition coefficient (Wildman–Crippen LogP) is 2.99. The van der Waals surface area contributed by atoms with Crippen LogP contribution in [0.25, 0.3) is 22.4 Å². The monoisotopic (exact) mass is 558 g/mol. The first kappa shape index (κ1) is 27.4. The van der Waals surface area contributed by atoms with Crippen LogP contribution >= 0.6 is 0 Å². The summed E-state index contributed by atoms with van der Waals surface area (Å²) in [5, 5.41) is 4.19. The molecule has 14 nitrogen and oxygen atoms in total. The molecule has 0 aliphatic carbocycles. The Labute approximate surface area is 221 Å². The molecule has 5 rings (SSSR count). The summed E-state index contributed by atoms with van der Waals surface area (Å²) in [6, 6.07) is 6.63. The molecule has 0 unspecified atom stereocenters. The molecular formula is C23H23FN8O6S. The molecule has 0 bridgehead atoms. The van der Waals surface area contributed by atoms with Gasteiger partial charge in [0.25, 0.3) is 0 Å². The highest BCUT2D eigenvalue weighted by Gasteiger charge is 2.22. The molecule has 0 amide bonds. The highest BCUT2D eigenvalue weighted by molar-refractivity contribution is 7.79. The molecule has 39 heavy (non-hydrogen) atoms. The Morgan fingerprint density at radius 2 is 1.87 bits per heavy atom. The van der Waals surface area contributed by atoms with Gasteiger partial charge in [0.2, 0.25) is 0 Å². The van der Waals surface area contributed by atoms with Gasteiger partial charge >= 0.3 is 10.4 Å². The third kappa shape index (κ3) is 6.81. The first-order valence-electron chi connectivity index (χ1n) is 11.1. The van der Waals surface area contributed by atoms with E-state index in [1.54, 1.807) is 52.6 Å². The van der Waals surface area contributed by atoms with Crippen LogP contribution in [0.5, 0.6) is 11.5 Å². The molecule has 0 saturated heterocycles. The van der Waals surface area contributed by atoms with Crippen LogP contribution in [-0.4, -0.2) is 66.4 Å². The average molecular weight is 559 g/mol. The van der Waals surface area contributed by atoms with Crippen LogP contribution in [0.4, 0.5) is 15.9 Å². The molecule has 0 aliphatic rings. The van der Waals surface area contributed by atoms with E-state index in [0.717, 1.165) is 5.56 Å². The van der Waals surface area contributed by atoms with Crippen molar-refractivity contribution in [1.29, 1.82) is 0 Å². The van der Waals surface area contributed by atoms with Gasteiger partial charge in [0, 0.05) is 43.3 Å². The number of ether oxygens (including phenoxy) is 2. The SMILES string of the molecule is COc1cc(OC)c(F)c(N(Cc2ncc[nH]2)c2ccc3ncc(-c4cnn(C)c4)nc3n2)c1.O=S(=O)(O)O. The molecule has 4 heterocycles. The molecule has 4 aromatic heterocycles. The molecule has 0 saturated carbocycles. The van der Waals surface area contributed by atoms with Gasteiger partial charge in [-0.15, -0.1) is 0 Å². The molecule has 0 atom stereocenters. The number of rotatable bonds is 7. The molecule has 0 aliphatic heterocycles. The van der Waals surface area contributed by atoms with Crippen molar-refractivity contribution in [3.63, 3.8) is 0 Å². The van der Waals surface area contributed by atoms with Crippen molar-refractivity contribution >= 4 is 33.1 Å². The van der Waals surface area contributed by atoms with Gasteiger partial charge in [0.05, 0.1) is 44.5 Å². The zero-order valence-corrected chi connectivity index (χ0v) is 21.7. The largest absolute Gasteiger partial charge is 0.497 e. The van der Waals surface area contributed by atoms with Gasteiger partial charge in [-0.2, -0.15) is 13.5 Å². The quantitative estimate of drug-likeness (QED) is 0.249. The summed E-state index contributed by atoms with van der Waals surface area (Å²) >= 11 is 0. The number of hydrogen-bond donors (Lipinski definition) is 3. The fourth-order valence-corrected chi connectivity index (χ4v) is 3.58. The second-order valence-electron chi connectivity index (χ2n) is 7.90. The summed E-state index contributed by atoms with van der Waals surface area (Å²) < 4.78 is 59.3. The second kappa shape index (κ2) is 11.4. The summed E-state index contributed by atoms with van der Waals surface area (Å²) in [6.07, 6.45) is 8.57. The number of methoxy groups -OCH3 is 2. The Morgan fingerprint density at radius 3 is 2.49 bits per heavy atom. The smallest absolute Gasteiger partial charge is 0.394 e. The van der Waals surface area contributed by atoms with Crippen molar-refractivity contribution in [3.8, 4) is 22.8 Å². The number of aromatic nitrogens is 7. The molecular weight excluding hydrogens is 535 g/mol. The lowest BCUT2D eigenvalue weighted by Crippen LogP contribution is -2.20. The van der Waals surface area contributed by atoms with Crippen LogP contribution in [-0.2, 0) is 24.0 Å². The van der Waals surface area contributed by atoms with E-state index in [4.69, 9.17) is 32.0 Å². The number of imidazole rings is 1. The maximum atomic E-state index is 15.4. The van der Waals surface area contributed by atoms with Gasteiger partial charge in [-0.1, -0.05) is 0 Å². The number of benzene rings is 1. The third-order valence-electron chi connectivity index (χ3n) is 5.27. The van der Waals surface area contributed by atoms with E-state index in [1.807, 2.05) is 13.2 Å². The number of nitrogens with one attached hydrogen (secondary N) is 1. The lowest BCUT2D eigenvalue weighted by molar-refractivity contribution is 0.374. The van der Waals surface area contributed by atoms with Gasteiger partial charge in [-0.05, 0) is 12.1 Å². The summed E-state index contributed by atoms with van der Waals surface area (Å²) in [6.45, 7) is 0.217. The Kier molecular flexibility index (Phi) is 7.99. The number of nitrogens with zero attached hydrogens (tertiary/aromatic N) is 7. The normalized spacial score (nSPS) is 11.1. The predicted molar refractivity (Wildman–Crippen MR) is 138 cm³/mol. The number of pyridine rings is 1. The summed E-state index contributed by atoms with van der Waals surface area (Å²) in [7, 11) is 0.0806. The standard InChI is InChI=1S/C23H21FN8O2.H2O4S/c1-31-12-14(10-28-31)17-11-27-16-4-5-21(30-23(16)29-17)32(13-20-25-6-7-26-20)18-8-15(33-2)9-19(34-3)22(18)24;1-5(2,3)4/h4-12H,13H2,1-3H3,(H,25,26);(H2,1,2,3,4). The number of anilines is 2. The minimum absolute atomic E-state index is 0.0539. The van der Waals surface area contributed by atoms with Crippen LogP contribution in [0.3, 0.4) is 0 Å². The number of fused-ring (bicyclic) bond motifs is 1. The lowest BCUT2D eigenvalue weighted by Gasteiger charge is -2.25. The topological polar surface area (TPSA) is 181 Å². The summed E-state index contributed by atoms with van der Waals surface area (Å²) in [4.78, 5) is 22.9. The Balaban J connectivity index is 0.000000648. The van der Waals surface area contributed by atoms with Crippen molar-refractivity contribution in [2.24, 2.45) is 7.05 Å². The molecule has 0 radical (unpaired) electrons. The van der Waals surface area contributed by atoms with Gasteiger partial charge in [0.1, 0.15) is 22.9 Å². The van der Waals surface area contributed by atoms with Gasteiger partial charge in [-0.25, -0.2) is 19.3 Å². The first-order valence-corrected chi connectivity index (χ1v) is 12.5. The molecule has 0 fully saturated rings. The average Bonchev–Trinajstić information content (AvgIpc) is 3.58. The molecule has 204 valence electrons. The maximum Gasteiger partial charge on any atom is 0.394 e. The number of hydrogen-bond acceptors (Lipinski definition) is 10. The fraction of sp³-hybridized carbons (Fsp3) is 0.174. The number of aryl methyl sites for hydroxylation is 1. The molecule has 0 spiro atoms. The fourth-order valence-electron chi connectivity index (χ4n) is 3.58. The Bertz CT molecular complexity index is 1690. The van der Waals surface area contributed by atoms with Crippen molar-refractivity contribution in [3.05, 3.63) is 66.9 Å². The van der Waals surface area contributed by atoms with E-state index in [9.17, 15) is 0 Å². The molecule has 1 aromatic carbocycles. The van der Waals surface area contributed by atoms with Crippen LogP contribution in [0.15, 0.2) is 55.2 Å². The molecule has 16 heteroatoms. The Morgan fingerprint density at radius 1 is 1.10 bits per heavy atom. The highest BCUT2D eigenvalue weighted by atomic mass is 32.3. The number of aromatic amines is 1. The zero-order chi connectivity index (χ0) is 28.2. The second-order valence-corrected chi connectivity index (χ2v) is 8.80. The lowest BCUT2D eigenvalue weighted by atomic mass is 10.2. The minimum atomic E-state index is -4.67.